The number of halogens is 1. The fourth-order valence-corrected chi connectivity index (χ4v) is 2.96. The molecule has 1 aromatic rings. The number of phenolic OH excluding ortho intramolecular Hbond substituents is 1. The molecule has 0 unspecified atom stereocenters. The van der Waals surface area contributed by atoms with Crippen molar-refractivity contribution in [1.82, 2.24) is 0 Å². The highest BCUT2D eigenvalue weighted by Crippen LogP contribution is 2.38. The Morgan fingerprint density at radius 1 is 1.18 bits per heavy atom. The van der Waals surface area contributed by atoms with Crippen LogP contribution in [0, 0.1) is 0 Å². The highest BCUT2D eigenvalue weighted by molar-refractivity contribution is 6.33. The normalized spacial score (nSPS) is 18.4. The van der Waals surface area contributed by atoms with Crippen LogP contribution in [0.2, 0.25) is 5.02 Å². The molecule has 0 saturated heterocycles. The highest BCUT2D eigenvalue weighted by atomic mass is 35.5. The molecule has 1 aliphatic heterocycles. The van der Waals surface area contributed by atoms with Gasteiger partial charge in [-0.05, 0) is 38.7 Å². The SMILES string of the molecule is CCOCOc1cc(O)c2c(c1Cl)CC(=O)/C=C/CCC/C=C/CCOC2=O. The number of ketones is 1. The van der Waals surface area contributed by atoms with Crippen LogP contribution in [-0.4, -0.2) is 36.9 Å². The summed E-state index contributed by atoms with van der Waals surface area (Å²) in [6.45, 7) is 2.35. The van der Waals surface area contributed by atoms with Gasteiger partial charge in [0.25, 0.3) is 0 Å². The number of cyclic esters (lactones) is 1. The molecule has 1 aromatic carbocycles. The summed E-state index contributed by atoms with van der Waals surface area (Å²) >= 11 is 6.40. The van der Waals surface area contributed by atoms with Gasteiger partial charge >= 0.3 is 5.97 Å². The van der Waals surface area contributed by atoms with Crippen molar-refractivity contribution in [2.45, 2.75) is 39.0 Å². The lowest BCUT2D eigenvalue weighted by Gasteiger charge is -2.16. The number of hydrogen-bond donors (Lipinski definition) is 1. The maximum atomic E-state index is 12.5. The summed E-state index contributed by atoms with van der Waals surface area (Å²) in [5.74, 6) is -1.18. The van der Waals surface area contributed by atoms with E-state index in [0.717, 1.165) is 19.3 Å². The quantitative estimate of drug-likeness (QED) is 0.344. The molecule has 0 amide bonds. The average molecular weight is 409 g/mol. The molecule has 0 aliphatic carbocycles. The zero-order valence-electron chi connectivity index (χ0n) is 15.9. The first-order valence-corrected chi connectivity index (χ1v) is 9.68. The molecule has 0 fully saturated rings. The van der Waals surface area contributed by atoms with Gasteiger partial charge in [0.15, 0.2) is 12.6 Å². The number of rotatable bonds is 4. The second-order valence-corrected chi connectivity index (χ2v) is 6.57. The summed E-state index contributed by atoms with van der Waals surface area (Å²) in [5, 5.41) is 10.5. The Bertz CT molecular complexity index is 754. The standard InChI is InChI=1S/C21H25ClO6/c1-2-26-14-28-18-13-17(24)19-16(20(18)22)12-15(23)10-8-6-4-3-5-7-9-11-27-21(19)25/h5,7-8,10,13,24H,2-4,6,9,11-12,14H2,1H3/b7-5+,10-8+. The second kappa shape index (κ2) is 11.5. The number of allylic oxidation sites excluding steroid dienone is 3. The summed E-state index contributed by atoms with van der Waals surface area (Å²) in [7, 11) is 0. The highest BCUT2D eigenvalue weighted by Gasteiger charge is 2.25. The molecule has 28 heavy (non-hydrogen) atoms. The van der Waals surface area contributed by atoms with Gasteiger partial charge in [0.2, 0.25) is 0 Å². The van der Waals surface area contributed by atoms with Crippen LogP contribution in [0.5, 0.6) is 11.5 Å². The van der Waals surface area contributed by atoms with E-state index in [4.69, 9.17) is 25.8 Å². The van der Waals surface area contributed by atoms with Crippen LogP contribution < -0.4 is 4.74 Å². The van der Waals surface area contributed by atoms with Crippen molar-refractivity contribution in [3.05, 3.63) is 46.5 Å². The van der Waals surface area contributed by atoms with Gasteiger partial charge in [-0.3, -0.25) is 4.79 Å². The first-order valence-electron chi connectivity index (χ1n) is 9.31. The van der Waals surface area contributed by atoms with Crippen molar-refractivity contribution in [3.8, 4) is 11.5 Å². The molecule has 1 N–H and O–H groups in total. The van der Waals surface area contributed by atoms with E-state index in [1.54, 1.807) is 6.08 Å². The smallest absolute Gasteiger partial charge is 0.342 e. The number of hydrogen-bond acceptors (Lipinski definition) is 6. The molecule has 0 spiro atoms. The topological polar surface area (TPSA) is 82.1 Å². The first-order chi connectivity index (χ1) is 13.5. The second-order valence-electron chi connectivity index (χ2n) is 6.19. The van der Waals surface area contributed by atoms with E-state index in [1.165, 1.54) is 12.1 Å². The van der Waals surface area contributed by atoms with E-state index >= 15 is 0 Å². The van der Waals surface area contributed by atoms with Crippen molar-refractivity contribution in [3.63, 3.8) is 0 Å². The van der Waals surface area contributed by atoms with E-state index < -0.39 is 5.97 Å². The summed E-state index contributed by atoms with van der Waals surface area (Å²) in [5.41, 5.74) is 0.0626. The largest absolute Gasteiger partial charge is 0.507 e. The van der Waals surface area contributed by atoms with E-state index in [2.05, 4.69) is 0 Å². The third kappa shape index (κ3) is 6.39. The van der Waals surface area contributed by atoms with Crippen LogP contribution in [0.15, 0.2) is 30.4 Å². The van der Waals surface area contributed by atoms with Gasteiger partial charge < -0.3 is 19.3 Å². The predicted molar refractivity (Wildman–Crippen MR) is 106 cm³/mol. The molecule has 0 atom stereocenters. The molecule has 0 saturated carbocycles. The first kappa shape index (κ1) is 22.0. The summed E-state index contributed by atoms with van der Waals surface area (Å²) in [6, 6.07) is 1.23. The minimum absolute atomic E-state index is 0.0704. The molecule has 1 heterocycles. The molecule has 6 nitrogen and oxygen atoms in total. The van der Waals surface area contributed by atoms with Crippen molar-refractivity contribution in [2.24, 2.45) is 0 Å². The Morgan fingerprint density at radius 2 is 1.93 bits per heavy atom. The van der Waals surface area contributed by atoms with Crippen molar-refractivity contribution >= 4 is 23.4 Å². The van der Waals surface area contributed by atoms with E-state index in [9.17, 15) is 14.7 Å². The van der Waals surface area contributed by atoms with Crippen LogP contribution in [0.1, 0.15) is 48.5 Å². The van der Waals surface area contributed by atoms with Gasteiger partial charge in [-0.1, -0.05) is 29.8 Å². The molecule has 0 aromatic heterocycles. The maximum absolute atomic E-state index is 12.5. The molecule has 7 heteroatoms. The Hall–Kier alpha value is -2.31. The summed E-state index contributed by atoms with van der Waals surface area (Å²) < 4.78 is 15.8. The van der Waals surface area contributed by atoms with Gasteiger partial charge in [-0.2, -0.15) is 0 Å². The summed E-state index contributed by atoms with van der Waals surface area (Å²) in [4.78, 5) is 24.9. The van der Waals surface area contributed by atoms with Gasteiger partial charge in [0, 0.05) is 24.7 Å². The number of phenols is 1. The molecular formula is C21H25ClO6. The number of carbonyl (C=O) groups is 2. The number of aromatic hydroxyl groups is 1. The van der Waals surface area contributed by atoms with Gasteiger partial charge in [-0.15, -0.1) is 0 Å². The van der Waals surface area contributed by atoms with Crippen molar-refractivity contribution in [2.75, 3.05) is 20.0 Å². The minimum atomic E-state index is -0.731. The van der Waals surface area contributed by atoms with E-state index in [-0.39, 0.29) is 53.3 Å². The lowest BCUT2D eigenvalue weighted by molar-refractivity contribution is -0.114. The minimum Gasteiger partial charge on any atom is -0.507 e. The van der Waals surface area contributed by atoms with Crippen LogP contribution in [0.4, 0.5) is 0 Å². The zero-order chi connectivity index (χ0) is 20.4. The fourth-order valence-electron chi connectivity index (χ4n) is 2.69. The van der Waals surface area contributed by atoms with E-state index in [1.807, 2.05) is 19.1 Å². The third-order valence-electron chi connectivity index (χ3n) is 4.09. The van der Waals surface area contributed by atoms with Crippen LogP contribution in [0.25, 0.3) is 0 Å². The van der Waals surface area contributed by atoms with Gasteiger partial charge in [0.05, 0.1) is 11.6 Å². The van der Waals surface area contributed by atoms with Gasteiger partial charge in [0.1, 0.15) is 17.1 Å². The average Bonchev–Trinajstić information content (AvgIpc) is 2.66. The van der Waals surface area contributed by atoms with E-state index in [0.29, 0.717) is 13.0 Å². The monoisotopic (exact) mass is 408 g/mol. The van der Waals surface area contributed by atoms with Crippen LogP contribution in [-0.2, 0) is 20.7 Å². The number of carbonyl (C=O) groups excluding carboxylic acids is 2. The Balaban J connectivity index is 2.39. The zero-order valence-corrected chi connectivity index (χ0v) is 16.7. The molecule has 0 bridgehead atoms. The third-order valence-corrected chi connectivity index (χ3v) is 4.51. The lowest BCUT2D eigenvalue weighted by atomic mass is 10.00. The molecule has 1 aliphatic rings. The Labute approximate surface area is 169 Å². The molecule has 0 radical (unpaired) electrons. The van der Waals surface area contributed by atoms with Gasteiger partial charge in [-0.25, -0.2) is 4.79 Å². The maximum Gasteiger partial charge on any atom is 0.342 e. The van der Waals surface area contributed by atoms with Crippen LogP contribution >= 0.6 is 11.6 Å². The molecule has 152 valence electrons. The number of ether oxygens (including phenoxy) is 3. The van der Waals surface area contributed by atoms with Crippen molar-refractivity contribution in [1.29, 1.82) is 0 Å². The lowest BCUT2D eigenvalue weighted by Crippen LogP contribution is -2.13. The fraction of sp³-hybridized carbons (Fsp3) is 0.429. The number of benzene rings is 1. The summed E-state index contributed by atoms with van der Waals surface area (Å²) in [6.07, 6.45) is 10.2. The predicted octanol–water partition coefficient (Wildman–Crippen LogP) is 4.37. The number of esters is 1. The number of fused-ring (bicyclic) bond motifs is 1. The molecule has 2 rings (SSSR count). The van der Waals surface area contributed by atoms with Crippen molar-refractivity contribution < 1.29 is 28.9 Å². The Kier molecular flexibility index (Phi) is 9.04. The van der Waals surface area contributed by atoms with Crippen LogP contribution in [0.3, 0.4) is 0 Å². The molecular weight excluding hydrogens is 384 g/mol. The Morgan fingerprint density at radius 3 is 2.71 bits per heavy atom.